The molecule has 0 radical (unpaired) electrons. The molecule has 0 bridgehead atoms. The molecule has 1 amide bonds. The first-order valence-corrected chi connectivity index (χ1v) is 7.21. The van der Waals surface area contributed by atoms with Crippen LogP contribution >= 0.6 is 27.5 Å². The van der Waals surface area contributed by atoms with Crippen LogP contribution in [-0.2, 0) is 16.1 Å². The van der Waals surface area contributed by atoms with Crippen molar-refractivity contribution in [3.63, 3.8) is 0 Å². The van der Waals surface area contributed by atoms with Crippen molar-refractivity contribution in [2.75, 3.05) is 26.8 Å². The van der Waals surface area contributed by atoms with E-state index < -0.39 is 0 Å². The van der Waals surface area contributed by atoms with Gasteiger partial charge in [-0.3, -0.25) is 4.79 Å². The van der Waals surface area contributed by atoms with Crippen molar-refractivity contribution < 1.29 is 9.53 Å². The molecule has 0 saturated heterocycles. The number of amides is 1. The Morgan fingerprint density at radius 2 is 2.21 bits per heavy atom. The van der Waals surface area contributed by atoms with E-state index in [1.54, 1.807) is 7.11 Å². The fourth-order valence-corrected chi connectivity index (χ4v) is 2.07. The molecule has 0 aliphatic heterocycles. The lowest BCUT2D eigenvalue weighted by Crippen LogP contribution is -2.29. The Morgan fingerprint density at radius 1 is 1.42 bits per heavy atom. The summed E-state index contributed by atoms with van der Waals surface area (Å²) in [4.78, 5) is 11.4. The summed E-state index contributed by atoms with van der Waals surface area (Å²) in [5, 5.41) is 6.68. The van der Waals surface area contributed by atoms with Crippen molar-refractivity contribution in [1.29, 1.82) is 0 Å². The maximum absolute atomic E-state index is 11.4. The monoisotopic (exact) mass is 348 g/mol. The topological polar surface area (TPSA) is 50.4 Å². The predicted molar refractivity (Wildman–Crippen MR) is 80.4 cm³/mol. The molecule has 0 saturated carbocycles. The molecule has 0 fully saturated rings. The van der Waals surface area contributed by atoms with Gasteiger partial charge in [0, 0.05) is 42.7 Å². The van der Waals surface area contributed by atoms with Gasteiger partial charge >= 0.3 is 0 Å². The molecule has 4 nitrogen and oxygen atoms in total. The number of benzene rings is 1. The molecule has 1 rings (SSSR count). The number of hydrogen-bond donors (Lipinski definition) is 2. The molecule has 2 N–H and O–H groups in total. The third-order valence-corrected chi connectivity index (χ3v) is 3.49. The van der Waals surface area contributed by atoms with Gasteiger partial charge in [0.05, 0.1) is 6.61 Å². The van der Waals surface area contributed by atoms with E-state index in [9.17, 15) is 4.79 Å². The highest BCUT2D eigenvalue weighted by Gasteiger charge is 2.02. The maximum atomic E-state index is 11.4. The summed E-state index contributed by atoms with van der Waals surface area (Å²) in [6.45, 7) is 2.38. The van der Waals surface area contributed by atoms with Crippen LogP contribution in [0.1, 0.15) is 12.0 Å². The van der Waals surface area contributed by atoms with Gasteiger partial charge in [0.2, 0.25) is 5.91 Å². The average molecular weight is 350 g/mol. The molecule has 0 heterocycles. The van der Waals surface area contributed by atoms with E-state index in [-0.39, 0.29) is 5.91 Å². The van der Waals surface area contributed by atoms with Crippen LogP contribution in [0, 0.1) is 0 Å². The van der Waals surface area contributed by atoms with Gasteiger partial charge in [0.15, 0.2) is 0 Å². The normalized spacial score (nSPS) is 10.5. The van der Waals surface area contributed by atoms with E-state index in [0.717, 1.165) is 10.0 Å². The van der Waals surface area contributed by atoms with Gasteiger partial charge in [-0.1, -0.05) is 27.5 Å². The van der Waals surface area contributed by atoms with Crippen LogP contribution in [0.15, 0.2) is 22.7 Å². The van der Waals surface area contributed by atoms with Crippen LogP contribution in [-0.4, -0.2) is 32.7 Å². The molecule has 19 heavy (non-hydrogen) atoms. The van der Waals surface area contributed by atoms with Gasteiger partial charge in [-0.15, -0.1) is 0 Å². The number of ether oxygens (including phenoxy) is 1. The Morgan fingerprint density at radius 3 is 2.95 bits per heavy atom. The van der Waals surface area contributed by atoms with E-state index in [4.69, 9.17) is 16.3 Å². The number of nitrogens with one attached hydrogen (secondary N) is 2. The van der Waals surface area contributed by atoms with E-state index in [0.29, 0.717) is 37.7 Å². The second-order valence-electron chi connectivity index (χ2n) is 4.01. The first-order chi connectivity index (χ1) is 9.13. The second kappa shape index (κ2) is 9.31. The number of halogens is 2. The number of hydrogen-bond acceptors (Lipinski definition) is 3. The molecule has 0 aliphatic rings. The molecular weight excluding hydrogens is 332 g/mol. The SMILES string of the molecule is COCCNC(=O)CCNCc1cc(Cl)ccc1Br. The Balaban J connectivity index is 2.20. The van der Waals surface area contributed by atoms with Crippen LogP contribution < -0.4 is 10.6 Å². The zero-order chi connectivity index (χ0) is 14.1. The van der Waals surface area contributed by atoms with E-state index in [1.165, 1.54) is 0 Å². The summed E-state index contributed by atoms with van der Waals surface area (Å²) in [5.74, 6) is 0.0229. The van der Waals surface area contributed by atoms with Crippen LogP contribution in [0.5, 0.6) is 0 Å². The summed E-state index contributed by atoms with van der Waals surface area (Å²) in [6, 6.07) is 5.65. The minimum atomic E-state index is 0.0229. The molecule has 6 heteroatoms. The second-order valence-corrected chi connectivity index (χ2v) is 5.30. The van der Waals surface area contributed by atoms with Gasteiger partial charge in [-0.05, 0) is 23.8 Å². The summed E-state index contributed by atoms with van der Waals surface area (Å²) >= 11 is 9.39. The Labute approximate surface area is 127 Å². The van der Waals surface area contributed by atoms with Crippen molar-refractivity contribution in [3.8, 4) is 0 Å². The molecule has 0 aromatic heterocycles. The van der Waals surface area contributed by atoms with Crippen molar-refractivity contribution >= 4 is 33.4 Å². The predicted octanol–water partition coefficient (Wildman–Crippen LogP) is 2.34. The highest BCUT2D eigenvalue weighted by Crippen LogP contribution is 2.20. The zero-order valence-electron chi connectivity index (χ0n) is 10.8. The number of carbonyl (C=O) groups is 1. The summed E-state index contributed by atoms with van der Waals surface area (Å²) < 4.78 is 5.86. The van der Waals surface area contributed by atoms with Crippen molar-refractivity contribution in [2.45, 2.75) is 13.0 Å². The van der Waals surface area contributed by atoms with Gasteiger partial charge in [-0.25, -0.2) is 0 Å². The Hall–Kier alpha value is -0.620. The maximum Gasteiger partial charge on any atom is 0.221 e. The number of rotatable bonds is 8. The number of methoxy groups -OCH3 is 1. The van der Waals surface area contributed by atoms with E-state index in [2.05, 4.69) is 26.6 Å². The third-order valence-electron chi connectivity index (χ3n) is 2.48. The smallest absolute Gasteiger partial charge is 0.221 e. The minimum absolute atomic E-state index is 0.0229. The molecule has 1 aromatic rings. The molecular formula is C13H18BrClN2O2. The largest absolute Gasteiger partial charge is 0.383 e. The molecule has 0 spiro atoms. The van der Waals surface area contributed by atoms with Gasteiger partial charge in [0.25, 0.3) is 0 Å². The first-order valence-electron chi connectivity index (χ1n) is 6.03. The molecule has 0 atom stereocenters. The lowest BCUT2D eigenvalue weighted by atomic mass is 10.2. The number of carbonyl (C=O) groups excluding carboxylic acids is 1. The fraction of sp³-hybridized carbons (Fsp3) is 0.462. The van der Waals surface area contributed by atoms with Crippen LogP contribution in [0.2, 0.25) is 5.02 Å². The van der Waals surface area contributed by atoms with Gasteiger partial charge in [0.1, 0.15) is 0 Å². The fourth-order valence-electron chi connectivity index (χ4n) is 1.48. The highest BCUT2D eigenvalue weighted by atomic mass is 79.9. The van der Waals surface area contributed by atoms with Gasteiger partial charge < -0.3 is 15.4 Å². The summed E-state index contributed by atoms with van der Waals surface area (Å²) in [6.07, 6.45) is 0.446. The Bertz CT molecular complexity index is 416. The van der Waals surface area contributed by atoms with Crippen LogP contribution in [0.4, 0.5) is 0 Å². The van der Waals surface area contributed by atoms with E-state index in [1.807, 2.05) is 18.2 Å². The zero-order valence-corrected chi connectivity index (χ0v) is 13.2. The quantitative estimate of drug-likeness (QED) is 0.708. The van der Waals surface area contributed by atoms with E-state index >= 15 is 0 Å². The van der Waals surface area contributed by atoms with Crippen LogP contribution in [0.25, 0.3) is 0 Å². The Kier molecular flexibility index (Phi) is 8.05. The van der Waals surface area contributed by atoms with Crippen molar-refractivity contribution in [2.24, 2.45) is 0 Å². The van der Waals surface area contributed by atoms with Crippen molar-refractivity contribution in [1.82, 2.24) is 10.6 Å². The lowest BCUT2D eigenvalue weighted by Gasteiger charge is -2.08. The molecule has 106 valence electrons. The molecule has 0 unspecified atom stereocenters. The first kappa shape index (κ1) is 16.4. The highest BCUT2D eigenvalue weighted by molar-refractivity contribution is 9.10. The van der Waals surface area contributed by atoms with Crippen molar-refractivity contribution in [3.05, 3.63) is 33.3 Å². The third kappa shape index (κ3) is 6.92. The molecule has 1 aromatic carbocycles. The lowest BCUT2D eigenvalue weighted by molar-refractivity contribution is -0.121. The molecule has 0 aliphatic carbocycles. The van der Waals surface area contributed by atoms with Gasteiger partial charge in [-0.2, -0.15) is 0 Å². The minimum Gasteiger partial charge on any atom is -0.383 e. The summed E-state index contributed by atoms with van der Waals surface area (Å²) in [5.41, 5.74) is 1.08. The standard InChI is InChI=1S/C13H18BrClN2O2/c1-19-7-6-17-13(18)4-5-16-9-10-8-11(15)2-3-12(10)14/h2-3,8,16H,4-7,9H2,1H3,(H,17,18). The average Bonchev–Trinajstić information content (AvgIpc) is 2.39. The van der Waals surface area contributed by atoms with Crippen LogP contribution in [0.3, 0.4) is 0 Å². The summed E-state index contributed by atoms with van der Waals surface area (Å²) in [7, 11) is 1.61.